The molecule has 2 amide bonds. The molecule has 0 spiro atoms. The molecule has 1 aromatic carbocycles. The van der Waals surface area contributed by atoms with Crippen molar-refractivity contribution >= 4 is 23.4 Å². The second kappa shape index (κ2) is 7.96. The molecule has 0 radical (unpaired) electrons. The van der Waals surface area contributed by atoms with E-state index in [1.165, 1.54) is 0 Å². The number of piperidine rings is 1. The normalized spacial score (nSPS) is 17.2. The highest BCUT2D eigenvalue weighted by atomic mass is 35.5. The predicted octanol–water partition coefficient (Wildman–Crippen LogP) is 3.45. The van der Waals surface area contributed by atoms with Crippen LogP contribution in [0, 0.1) is 19.8 Å². The second-order valence-electron chi connectivity index (χ2n) is 6.91. The summed E-state index contributed by atoms with van der Waals surface area (Å²) in [6, 6.07) is 9.43. The second-order valence-corrected chi connectivity index (χ2v) is 7.32. The molecule has 2 heterocycles. The van der Waals surface area contributed by atoms with Crippen LogP contribution in [0.2, 0.25) is 5.02 Å². The van der Waals surface area contributed by atoms with Crippen LogP contribution in [-0.2, 0) is 11.3 Å². The van der Waals surface area contributed by atoms with Crippen molar-refractivity contribution in [2.24, 2.45) is 5.92 Å². The topological polar surface area (TPSA) is 65.2 Å². The van der Waals surface area contributed by atoms with E-state index in [4.69, 9.17) is 11.6 Å². The van der Waals surface area contributed by atoms with Crippen molar-refractivity contribution in [2.45, 2.75) is 33.2 Å². The Balaban J connectivity index is 1.61. The number of likely N-dealkylation sites (tertiary alicyclic amines) is 1. The molecule has 5 nitrogen and oxygen atoms in total. The monoisotopic (exact) mass is 373 g/mol. The van der Waals surface area contributed by atoms with E-state index in [1.807, 2.05) is 44.2 Å². The zero-order chi connectivity index (χ0) is 18.7. The number of carbonyl (C=O) groups is 2. The van der Waals surface area contributed by atoms with Gasteiger partial charge in [0.25, 0.3) is 5.91 Å². The predicted molar refractivity (Wildman–Crippen MR) is 102 cm³/mol. The number of halogens is 1. The van der Waals surface area contributed by atoms with Crippen LogP contribution in [0.3, 0.4) is 0 Å². The third-order valence-corrected chi connectivity index (χ3v) is 5.22. The van der Waals surface area contributed by atoms with Gasteiger partial charge in [0.1, 0.15) is 5.69 Å². The first-order valence-corrected chi connectivity index (χ1v) is 9.30. The average molecular weight is 374 g/mol. The lowest BCUT2D eigenvalue weighted by Crippen LogP contribution is -2.45. The molecule has 6 heteroatoms. The first kappa shape index (κ1) is 18.5. The SMILES string of the molecule is Cc1cc(C)c(C(=O)N2CCC[C@H](C(=O)NCc3ccccc3Cl)C2)[nH]1. The number of nitrogens with zero attached hydrogens (tertiary/aromatic N) is 1. The van der Waals surface area contributed by atoms with Crippen LogP contribution in [0.4, 0.5) is 0 Å². The summed E-state index contributed by atoms with van der Waals surface area (Å²) in [7, 11) is 0. The van der Waals surface area contributed by atoms with E-state index in [0.717, 1.165) is 29.7 Å². The van der Waals surface area contributed by atoms with Crippen LogP contribution in [0.1, 0.15) is 40.2 Å². The fraction of sp³-hybridized carbons (Fsp3) is 0.400. The quantitative estimate of drug-likeness (QED) is 0.862. The average Bonchev–Trinajstić information content (AvgIpc) is 2.98. The van der Waals surface area contributed by atoms with Crippen molar-refractivity contribution < 1.29 is 9.59 Å². The number of benzene rings is 1. The number of aromatic amines is 1. The third kappa shape index (κ3) is 4.10. The number of nitrogens with one attached hydrogen (secondary N) is 2. The minimum atomic E-state index is -0.188. The summed E-state index contributed by atoms with van der Waals surface area (Å²) in [5.41, 5.74) is 3.43. The summed E-state index contributed by atoms with van der Waals surface area (Å²) in [6.45, 7) is 5.40. The zero-order valence-corrected chi connectivity index (χ0v) is 15.9. The van der Waals surface area contributed by atoms with Gasteiger partial charge in [-0.05, 0) is 49.9 Å². The van der Waals surface area contributed by atoms with Gasteiger partial charge in [-0.2, -0.15) is 0 Å². The summed E-state index contributed by atoms with van der Waals surface area (Å²) >= 11 is 6.14. The molecule has 0 bridgehead atoms. The van der Waals surface area contributed by atoms with Gasteiger partial charge in [0.15, 0.2) is 0 Å². The Labute approximate surface area is 158 Å². The van der Waals surface area contributed by atoms with Crippen LogP contribution < -0.4 is 5.32 Å². The van der Waals surface area contributed by atoms with Gasteiger partial charge in [-0.15, -0.1) is 0 Å². The molecule has 2 N–H and O–H groups in total. The van der Waals surface area contributed by atoms with E-state index < -0.39 is 0 Å². The number of amides is 2. The number of carbonyl (C=O) groups excluding carboxylic acids is 2. The summed E-state index contributed by atoms with van der Waals surface area (Å²) in [5.74, 6) is -0.243. The molecular weight excluding hydrogens is 350 g/mol. The number of hydrogen-bond acceptors (Lipinski definition) is 2. The first-order chi connectivity index (χ1) is 12.5. The molecule has 0 saturated carbocycles. The maximum Gasteiger partial charge on any atom is 0.270 e. The maximum atomic E-state index is 12.8. The Morgan fingerprint density at radius 1 is 1.31 bits per heavy atom. The standard InChI is InChI=1S/C20H24ClN3O2/c1-13-10-14(2)23-18(13)20(26)24-9-5-7-16(12-24)19(25)22-11-15-6-3-4-8-17(15)21/h3-4,6,8,10,16,23H,5,7,9,11-12H2,1-2H3,(H,22,25)/t16-/m0/s1. The van der Waals surface area contributed by atoms with E-state index in [2.05, 4.69) is 10.3 Å². The highest BCUT2D eigenvalue weighted by molar-refractivity contribution is 6.31. The highest BCUT2D eigenvalue weighted by Gasteiger charge is 2.29. The van der Waals surface area contributed by atoms with E-state index in [9.17, 15) is 9.59 Å². The van der Waals surface area contributed by atoms with Crippen LogP contribution in [0.5, 0.6) is 0 Å². The molecule has 0 aliphatic carbocycles. The largest absolute Gasteiger partial charge is 0.354 e. The molecule has 3 rings (SSSR count). The van der Waals surface area contributed by atoms with Gasteiger partial charge < -0.3 is 15.2 Å². The lowest BCUT2D eigenvalue weighted by atomic mass is 9.96. The van der Waals surface area contributed by atoms with Crippen LogP contribution in [-0.4, -0.2) is 34.8 Å². The van der Waals surface area contributed by atoms with E-state index >= 15 is 0 Å². The molecule has 0 unspecified atom stereocenters. The fourth-order valence-corrected chi connectivity index (χ4v) is 3.66. The van der Waals surface area contributed by atoms with Crippen molar-refractivity contribution in [1.29, 1.82) is 0 Å². The lowest BCUT2D eigenvalue weighted by molar-refractivity contribution is -0.126. The fourth-order valence-electron chi connectivity index (χ4n) is 3.45. The third-order valence-electron chi connectivity index (χ3n) is 4.85. The Morgan fingerprint density at radius 3 is 2.77 bits per heavy atom. The van der Waals surface area contributed by atoms with Crippen LogP contribution >= 0.6 is 11.6 Å². The van der Waals surface area contributed by atoms with Crippen molar-refractivity contribution in [3.8, 4) is 0 Å². The van der Waals surface area contributed by atoms with Crippen LogP contribution in [0.15, 0.2) is 30.3 Å². The Hall–Kier alpha value is -2.27. The van der Waals surface area contributed by atoms with Gasteiger partial charge in [0.05, 0.1) is 5.92 Å². The number of rotatable bonds is 4. The summed E-state index contributed by atoms with van der Waals surface area (Å²) in [4.78, 5) is 30.2. The van der Waals surface area contributed by atoms with Crippen molar-refractivity contribution in [2.75, 3.05) is 13.1 Å². The Morgan fingerprint density at radius 2 is 2.08 bits per heavy atom. The van der Waals surface area contributed by atoms with Crippen molar-refractivity contribution in [3.05, 3.63) is 57.9 Å². The molecule has 26 heavy (non-hydrogen) atoms. The van der Waals surface area contributed by atoms with E-state index in [1.54, 1.807) is 4.90 Å². The van der Waals surface area contributed by atoms with Gasteiger partial charge in [0, 0.05) is 30.4 Å². The Bertz CT molecular complexity index is 815. The minimum absolute atomic E-state index is 0.0261. The van der Waals surface area contributed by atoms with E-state index in [0.29, 0.717) is 30.4 Å². The molecule has 1 aliphatic heterocycles. The molecular formula is C20H24ClN3O2. The first-order valence-electron chi connectivity index (χ1n) is 8.92. The van der Waals surface area contributed by atoms with Crippen molar-refractivity contribution in [1.82, 2.24) is 15.2 Å². The summed E-state index contributed by atoms with van der Waals surface area (Å²) in [5, 5.41) is 3.60. The van der Waals surface area contributed by atoms with Gasteiger partial charge in [-0.3, -0.25) is 9.59 Å². The molecule has 1 atom stereocenters. The number of aromatic nitrogens is 1. The van der Waals surface area contributed by atoms with E-state index in [-0.39, 0.29) is 17.7 Å². The molecule has 138 valence electrons. The molecule has 1 aromatic heterocycles. The summed E-state index contributed by atoms with van der Waals surface area (Å²) in [6.07, 6.45) is 1.62. The van der Waals surface area contributed by atoms with Gasteiger partial charge in [0.2, 0.25) is 5.91 Å². The minimum Gasteiger partial charge on any atom is -0.354 e. The molecule has 1 saturated heterocycles. The molecule has 1 aliphatic rings. The number of hydrogen-bond donors (Lipinski definition) is 2. The van der Waals surface area contributed by atoms with Gasteiger partial charge in [-0.1, -0.05) is 29.8 Å². The zero-order valence-electron chi connectivity index (χ0n) is 15.1. The molecule has 2 aromatic rings. The van der Waals surface area contributed by atoms with Crippen molar-refractivity contribution in [3.63, 3.8) is 0 Å². The Kier molecular flexibility index (Phi) is 5.67. The highest BCUT2D eigenvalue weighted by Crippen LogP contribution is 2.21. The summed E-state index contributed by atoms with van der Waals surface area (Å²) < 4.78 is 0. The van der Waals surface area contributed by atoms with Gasteiger partial charge >= 0.3 is 0 Å². The molecule has 1 fully saturated rings. The number of H-pyrrole nitrogens is 1. The number of aryl methyl sites for hydroxylation is 2. The smallest absolute Gasteiger partial charge is 0.270 e. The lowest BCUT2D eigenvalue weighted by Gasteiger charge is -2.32. The van der Waals surface area contributed by atoms with Gasteiger partial charge in [-0.25, -0.2) is 0 Å². The van der Waals surface area contributed by atoms with Crippen LogP contribution in [0.25, 0.3) is 0 Å². The maximum absolute atomic E-state index is 12.8.